The molecule has 62 valence electrons. The van der Waals surface area contributed by atoms with Crippen LogP contribution in [0, 0.1) is 17.8 Å². The third-order valence-electron chi connectivity index (χ3n) is 1.29. The number of aliphatic hydroxyl groups excluding tert-OH is 1. The minimum absolute atomic E-state index is 0.368. The van der Waals surface area contributed by atoms with Crippen molar-refractivity contribution in [3.05, 3.63) is 0 Å². The Morgan fingerprint density at radius 3 is 2.55 bits per heavy atom. The molecule has 3 heteroatoms. The number of methoxy groups -OCH3 is 1. The fourth-order valence-corrected chi connectivity index (χ4v) is 0.631. The highest BCUT2D eigenvalue weighted by Crippen LogP contribution is 2.02. The Hall–Kier alpha value is -1.01. The highest BCUT2D eigenvalue weighted by atomic mass is 16.5. The zero-order valence-electron chi connectivity index (χ0n) is 6.92. The predicted octanol–water partition coefficient (Wildman–Crippen LogP) is 0.180. The van der Waals surface area contributed by atoms with Crippen LogP contribution in [0.3, 0.4) is 0 Å². The molecule has 0 bridgehead atoms. The molecule has 0 aliphatic heterocycles. The summed E-state index contributed by atoms with van der Waals surface area (Å²) in [6.07, 6.45) is -1.13. The first-order chi connectivity index (χ1) is 5.13. The van der Waals surface area contributed by atoms with Crippen molar-refractivity contribution in [2.75, 3.05) is 7.11 Å². The number of ether oxygens (including phenoxy) is 1. The van der Waals surface area contributed by atoms with E-state index < -0.39 is 12.1 Å². The maximum Gasteiger partial charge on any atom is 0.335 e. The third kappa shape index (κ3) is 3.06. The molecule has 3 nitrogen and oxygen atoms in total. The van der Waals surface area contributed by atoms with Gasteiger partial charge in [-0.15, -0.1) is 5.92 Å². The summed E-state index contributed by atoms with van der Waals surface area (Å²) in [6, 6.07) is 0. The van der Waals surface area contributed by atoms with Crippen molar-refractivity contribution >= 4 is 5.97 Å². The molecule has 0 saturated carbocycles. The standard InChI is InChI=1S/C8H12O3/c1-4-5-6(2)7(9)8(10)11-3/h6-7,9H,1-3H3/t6-,7+/m0/s1. The quantitative estimate of drug-likeness (QED) is 0.458. The number of hydrogen-bond acceptors (Lipinski definition) is 3. The lowest BCUT2D eigenvalue weighted by atomic mass is 10.1. The van der Waals surface area contributed by atoms with E-state index in [1.54, 1.807) is 13.8 Å². The van der Waals surface area contributed by atoms with Gasteiger partial charge in [-0.1, -0.05) is 5.92 Å². The summed E-state index contributed by atoms with van der Waals surface area (Å²) < 4.78 is 4.32. The molecule has 0 aromatic carbocycles. The minimum Gasteiger partial charge on any atom is -0.467 e. The molecule has 0 saturated heterocycles. The number of esters is 1. The van der Waals surface area contributed by atoms with Gasteiger partial charge >= 0.3 is 5.97 Å². The zero-order chi connectivity index (χ0) is 8.85. The lowest BCUT2D eigenvalue weighted by Crippen LogP contribution is -2.27. The number of hydrogen-bond donors (Lipinski definition) is 1. The van der Waals surface area contributed by atoms with Crippen molar-refractivity contribution in [3.8, 4) is 11.8 Å². The van der Waals surface area contributed by atoms with Crippen molar-refractivity contribution < 1.29 is 14.6 Å². The highest BCUT2D eigenvalue weighted by Gasteiger charge is 2.20. The summed E-state index contributed by atoms with van der Waals surface area (Å²) in [5, 5.41) is 9.14. The molecule has 0 rings (SSSR count). The Morgan fingerprint density at radius 1 is 1.64 bits per heavy atom. The maximum atomic E-state index is 10.7. The van der Waals surface area contributed by atoms with Gasteiger partial charge in [0.2, 0.25) is 0 Å². The van der Waals surface area contributed by atoms with Crippen LogP contribution >= 0.6 is 0 Å². The van der Waals surface area contributed by atoms with Crippen molar-refractivity contribution in [2.45, 2.75) is 20.0 Å². The molecular formula is C8H12O3. The van der Waals surface area contributed by atoms with Gasteiger partial charge in [0.1, 0.15) is 0 Å². The van der Waals surface area contributed by atoms with E-state index in [1.165, 1.54) is 7.11 Å². The second-order valence-electron chi connectivity index (χ2n) is 2.15. The van der Waals surface area contributed by atoms with Crippen molar-refractivity contribution in [1.29, 1.82) is 0 Å². The van der Waals surface area contributed by atoms with Crippen LogP contribution in [0.1, 0.15) is 13.8 Å². The smallest absolute Gasteiger partial charge is 0.335 e. The lowest BCUT2D eigenvalue weighted by molar-refractivity contribution is -0.151. The van der Waals surface area contributed by atoms with Crippen LogP contribution in [0.25, 0.3) is 0 Å². The number of aliphatic hydroxyl groups is 1. The summed E-state index contributed by atoms with van der Waals surface area (Å²) in [5.74, 6) is 4.26. The van der Waals surface area contributed by atoms with E-state index in [0.717, 1.165) is 0 Å². The average molecular weight is 156 g/mol. The van der Waals surface area contributed by atoms with Gasteiger partial charge in [-0.3, -0.25) is 0 Å². The van der Waals surface area contributed by atoms with Crippen LogP contribution < -0.4 is 0 Å². The average Bonchev–Trinajstić information content (AvgIpc) is 2.02. The molecule has 0 aliphatic rings. The Morgan fingerprint density at radius 2 is 2.18 bits per heavy atom. The normalized spacial score (nSPS) is 14.2. The van der Waals surface area contributed by atoms with E-state index in [-0.39, 0.29) is 5.92 Å². The van der Waals surface area contributed by atoms with Crippen molar-refractivity contribution in [2.24, 2.45) is 5.92 Å². The molecule has 0 fully saturated rings. The van der Waals surface area contributed by atoms with Crippen LogP contribution in [0.5, 0.6) is 0 Å². The van der Waals surface area contributed by atoms with E-state index in [4.69, 9.17) is 5.11 Å². The number of carbonyl (C=O) groups is 1. The molecule has 0 aromatic rings. The topological polar surface area (TPSA) is 46.5 Å². The zero-order valence-corrected chi connectivity index (χ0v) is 6.92. The van der Waals surface area contributed by atoms with Crippen LogP contribution in [-0.4, -0.2) is 24.3 Å². The largest absolute Gasteiger partial charge is 0.467 e. The fraction of sp³-hybridized carbons (Fsp3) is 0.625. The van der Waals surface area contributed by atoms with E-state index in [2.05, 4.69) is 16.6 Å². The predicted molar refractivity (Wildman–Crippen MR) is 40.6 cm³/mol. The second kappa shape index (κ2) is 4.75. The van der Waals surface area contributed by atoms with Crippen LogP contribution in [-0.2, 0) is 9.53 Å². The molecule has 0 aliphatic carbocycles. The summed E-state index contributed by atoms with van der Waals surface area (Å²) >= 11 is 0. The second-order valence-corrected chi connectivity index (χ2v) is 2.15. The molecule has 0 aromatic heterocycles. The van der Waals surface area contributed by atoms with Crippen molar-refractivity contribution in [3.63, 3.8) is 0 Å². The third-order valence-corrected chi connectivity index (χ3v) is 1.29. The van der Waals surface area contributed by atoms with Gasteiger partial charge in [-0.05, 0) is 13.8 Å². The molecule has 11 heavy (non-hydrogen) atoms. The number of rotatable bonds is 2. The Kier molecular flexibility index (Phi) is 4.32. The van der Waals surface area contributed by atoms with E-state index in [9.17, 15) is 4.79 Å². The molecular weight excluding hydrogens is 144 g/mol. The van der Waals surface area contributed by atoms with Gasteiger partial charge < -0.3 is 9.84 Å². The maximum absolute atomic E-state index is 10.7. The van der Waals surface area contributed by atoms with Gasteiger partial charge in [0, 0.05) is 0 Å². The van der Waals surface area contributed by atoms with Crippen LogP contribution in [0.15, 0.2) is 0 Å². The van der Waals surface area contributed by atoms with Crippen molar-refractivity contribution in [1.82, 2.24) is 0 Å². The van der Waals surface area contributed by atoms with Gasteiger partial charge in [-0.25, -0.2) is 4.79 Å². The SMILES string of the molecule is CC#C[C@H](C)[C@@H](O)C(=O)OC. The first kappa shape index (κ1) is 9.99. The first-order valence-corrected chi connectivity index (χ1v) is 3.31. The van der Waals surface area contributed by atoms with Gasteiger partial charge in [-0.2, -0.15) is 0 Å². The van der Waals surface area contributed by atoms with Gasteiger partial charge in [0.15, 0.2) is 6.10 Å². The molecule has 0 heterocycles. The molecule has 0 spiro atoms. The summed E-state index contributed by atoms with van der Waals surface area (Å²) in [6.45, 7) is 3.32. The highest BCUT2D eigenvalue weighted by molar-refractivity contribution is 5.75. The summed E-state index contributed by atoms with van der Waals surface area (Å²) in [7, 11) is 1.23. The molecule has 1 N–H and O–H groups in total. The Balaban J connectivity index is 4.08. The fourth-order valence-electron chi connectivity index (χ4n) is 0.631. The van der Waals surface area contributed by atoms with Crippen LogP contribution in [0.2, 0.25) is 0 Å². The lowest BCUT2D eigenvalue weighted by Gasteiger charge is -2.09. The molecule has 2 atom stereocenters. The van der Waals surface area contributed by atoms with Crippen LogP contribution in [0.4, 0.5) is 0 Å². The van der Waals surface area contributed by atoms with E-state index in [0.29, 0.717) is 0 Å². The number of carbonyl (C=O) groups excluding carboxylic acids is 1. The monoisotopic (exact) mass is 156 g/mol. The summed E-state index contributed by atoms with van der Waals surface area (Å²) in [5.41, 5.74) is 0. The molecule has 0 radical (unpaired) electrons. The first-order valence-electron chi connectivity index (χ1n) is 3.31. The van der Waals surface area contributed by atoms with Gasteiger partial charge in [0.05, 0.1) is 13.0 Å². The summed E-state index contributed by atoms with van der Waals surface area (Å²) in [4.78, 5) is 10.7. The minimum atomic E-state index is -1.13. The molecule has 0 amide bonds. The van der Waals surface area contributed by atoms with Gasteiger partial charge in [0.25, 0.3) is 0 Å². The Bertz CT molecular complexity index is 187. The van der Waals surface area contributed by atoms with E-state index >= 15 is 0 Å². The van der Waals surface area contributed by atoms with E-state index in [1.807, 2.05) is 0 Å². The molecule has 0 unspecified atom stereocenters. The Labute approximate surface area is 66.4 Å².